The molecule has 7 nitrogen and oxygen atoms in total. The lowest BCUT2D eigenvalue weighted by atomic mass is 10.2. The zero-order chi connectivity index (χ0) is 14.2. The van der Waals surface area contributed by atoms with Crippen LogP contribution in [0.15, 0.2) is 18.5 Å². The lowest BCUT2D eigenvalue weighted by molar-refractivity contribution is 0.0981. The summed E-state index contributed by atoms with van der Waals surface area (Å²) in [6.45, 7) is 3.94. The Morgan fingerprint density at radius 1 is 1.37 bits per heavy atom. The average molecular weight is 282 g/mol. The Hall–Kier alpha value is -1.96. The highest BCUT2D eigenvalue weighted by atomic mass is 32.2. The molecule has 0 radical (unpaired) electrons. The second-order valence-corrected chi connectivity index (χ2v) is 6.27. The Morgan fingerprint density at radius 3 is 2.63 bits per heavy atom. The van der Waals surface area contributed by atoms with E-state index in [2.05, 4.69) is 10.1 Å². The molecule has 0 bridgehead atoms. The van der Waals surface area contributed by atoms with Gasteiger partial charge in [-0.25, -0.2) is 22.8 Å². The summed E-state index contributed by atoms with van der Waals surface area (Å²) in [4.78, 5) is 15.8. The topological polar surface area (TPSA) is 94.0 Å². The van der Waals surface area contributed by atoms with E-state index in [0.717, 1.165) is 6.26 Å². The number of aromatic nitrogens is 3. The molecule has 2 aromatic rings. The molecule has 1 amide bonds. The monoisotopic (exact) mass is 282 g/mol. The normalized spacial score (nSPS) is 12.0. The number of pyridine rings is 1. The Morgan fingerprint density at radius 2 is 2.05 bits per heavy atom. The highest BCUT2D eigenvalue weighted by Crippen LogP contribution is 2.16. The quantitative estimate of drug-likeness (QED) is 0.894. The minimum Gasteiger partial charge on any atom is -0.268 e. The molecule has 2 rings (SSSR count). The fourth-order valence-corrected chi connectivity index (χ4v) is 2.12. The highest BCUT2D eigenvalue weighted by Gasteiger charge is 2.14. The number of carbonyl (C=O) groups is 1. The molecule has 0 atom stereocenters. The molecule has 2 heterocycles. The van der Waals surface area contributed by atoms with E-state index in [-0.39, 0.29) is 11.6 Å². The van der Waals surface area contributed by atoms with E-state index in [4.69, 9.17) is 0 Å². The zero-order valence-electron chi connectivity index (χ0n) is 10.8. The lowest BCUT2D eigenvalue weighted by Crippen LogP contribution is -2.29. The predicted octanol–water partition coefficient (Wildman–Crippen LogP) is 0.702. The predicted molar refractivity (Wildman–Crippen MR) is 70.2 cm³/mol. The van der Waals surface area contributed by atoms with E-state index in [9.17, 15) is 13.2 Å². The Kier molecular flexibility index (Phi) is 3.27. The Bertz CT molecular complexity index is 733. The number of hydrogen-bond acceptors (Lipinski definition) is 5. The molecule has 0 saturated heterocycles. The highest BCUT2D eigenvalue weighted by molar-refractivity contribution is 7.89. The van der Waals surface area contributed by atoms with Crippen molar-refractivity contribution >= 4 is 27.0 Å². The lowest BCUT2D eigenvalue weighted by Gasteiger charge is -2.06. The standard InChI is InChI=1S/C11H14N4O3S/c1-7(2)15-10-8(6-13-15)4-9(5-12-10)11(16)14-19(3,17)18/h4-7H,1-3H3,(H,14,16). The first-order chi connectivity index (χ1) is 8.78. The van der Waals surface area contributed by atoms with Gasteiger partial charge in [0.1, 0.15) is 0 Å². The van der Waals surface area contributed by atoms with Gasteiger partial charge in [-0.05, 0) is 19.9 Å². The van der Waals surface area contributed by atoms with Gasteiger partial charge in [-0.1, -0.05) is 0 Å². The third-order valence-electron chi connectivity index (χ3n) is 2.46. The molecule has 0 aliphatic rings. The van der Waals surface area contributed by atoms with E-state index in [1.807, 2.05) is 18.6 Å². The average Bonchev–Trinajstić information content (AvgIpc) is 2.68. The third kappa shape index (κ3) is 2.90. The van der Waals surface area contributed by atoms with Crippen LogP contribution in [0.4, 0.5) is 0 Å². The number of nitrogens with one attached hydrogen (secondary N) is 1. The maximum atomic E-state index is 11.7. The van der Waals surface area contributed by atoms with Gasteiger partial charge in [0.15, 0.2) is 5.65 Å². The fraction of sp³-hybridized carbons (Fsp3) is 0.364. The van der Waals surface area contributed by atoms with Crippen molar-refractivity contribution in [3.05, 3.63) is 24.0 Å². The molecule has 19 heavy (non-hydrogen) atoms. The SMILES string of the molecule is CC(C)n1ncc2cc(C(=O)NS(C)(=O)=O)cnc21. The third-order valence-corrected chi connectivity index (χ3v) is 3.02. The van der Waals surface area contributed by atoms with Crippen molar-refractivity contribution in [2.24, 2.45) is 0 Å². The number of carbonyl (C=O) groups excluding carboxylic acids is 1. The van der Waals surface area contributed by atoms with E-state index in [1.165, 1.54) is 6.20 Å². The molecule has 102 valence electrons. The van der Waals surface area contributed by atoms with Crippen LogP contribution >= 0.6 is 0 Å². The largest absolute Gasteiger partial charge is 0.268 e. The van der Waals surface area contributed by atoms with E-state index < -0.39 is 15.9 Å². The van der Waals surface area contributed by atoms with Crippen molar-refractivity contribution in [3.8, 4) is 0 Å². The second-order valence-electron chi connectivity index (χ2n) is 4.52. The van der Waals surface area contributed by atoms with Crippen LogP contribution in [-0.2, 0) is 10.0 Å². The molecule has 0 unspecified atom stereocenters. The molecule has 0 fully saturated rings. The Balaban J connectivity index is 2.40. The number of rotatable bonds is 3. The summed E-state index contributed by atoms with van der Waals surface area (Å²) in [5.74, 6) is -0.700. The van der Waals surface area contributed by atoms with Gasteiger partial charge >= 0.3 is 0 Å². The molecule has 0 aromatic carbocycles. The fourth-order valence-electron chi connectivity index (χ4n) is 1.67. The van der Waals surface area contributed by atoms with Crippen LogP contribution in [0.3, 0.4) is 0 Å². The Labute approximate surface area is 110 Å². The summed E-state index contributed by atoms with van der Waals surface area (Å²) in [5.41, 5.74) is 0.840. The molecule has 2 aromatic heterocycles. The molecule has 0 aliphatic heterocycles. The second kappa shape index (κ2) is 4.61. The van der Waals surface area contributed by atoms with E-state index in [1.54, 1.807) is 16.9 Å². The van der Waals surface area contributed by atoms with Crippen LogP contribution in [-0.4, -0.2) is 35.3 Å². The minimum atomic E-state index is -3.58. The van der Waals surface area contributed by atoms with Gasteiger partial charge < -0.3 is 0 Å². The number of amides is 1. The van der Waals surface area contributed by atoms with Gasteiger partial charge in [-0.2, -0.15) is 5.10 Å². The minimum absolute atomic E-state index is 0.153. The van der Waals surface area contributed by atoms with Crippen molar-refractivity contribution in [3.63, 3.8) is 0 Å². The van der Waals surface area contributed by atoms with Crippen molar-refractivity contribution in [1.82, 2.24) is 19.5 Å². The molecular weight excluding hydrogens is 268 g/mol. The summed E-state index contributed by atoms with van der Waals surface area (Å²) in [6, 6.07) is 1.72. The van der Waals surface area contributed by atoms with Gasteiger partial charge in [-0.15, -0.1) is 0 Å². The van der Waals surface area contributed by atoms with Crippen LogP contribution < -0.4 is 4.72 Å². The summed E-state index contributed by atoms with van der Waals surface area (Å²) in [5, 5.41) is 4.86. The summed E-state index contributed by atoms with van der Waals surface area (Å²) >= 11 is 0. The first kappa shape index (κ1) is 13.5. The van der Waals surface area contributed by atoms with Crippen LogP contribution in [0.5, 0.6) is 0 Å². The molecule has 0 aliphatic carbocycles. The number of hydrogen-bond donors (Lipinski definition) is 1. The maximum Gasteiger partial charge on any atom is 0.266 e. The van der Waals surface area contributed by atoms with Crippen LogP contribution in [0.1, 0.15) is 30.2 Å². The number of fused-ring (bicyclic) bond motifs is 1. The van der Waals surface area contributed by atoms with Crippen LogP contribution in [0.25, 0.3) is 11.0 Å². The van der Waals surface area contributed by atoms with Crippen LogP contribution in [0.2, 0.25) is 0 Å². The summed E-state index contributed by atoms with van der Waals surface area (Å²) in [6.07, 6.45) is 3.86. The van der Waals surface area contributed by atoms with Gasteiger partial charge in [0.2, 0.25) is 10.0 Å². The maximum absolute atomic E-state index is 11.7. The van der Waals surface area contributed by atoms with Crippen molar-refractivity contribution in [2.45, 2.75) is 19.9 Å². The van der Waals surface area contributed by atoms with Crippen molar-refractivity contribution in [2.75, 3.05) is 6.26 Å². The zero-order valence-corrected chi connectivity index (χ0v) is 11.6. The number of nitrogens with zero attached hydrogens (tertiary/aromatic N) is 3. The van der Waals surface area contributed by atoms with Gasteiger partial charge in [0.25, 0.3) is 5.91 Å². The van der Waals surface area contributed by atoms with E-state index >= 15 is 0 Å². The molecular formula is C11H14N4O3S. The van der Waals surface area contributed by atoms with E-state index in [0.29, 0.717) is 11.0 Å². The smallest absolute Gasteiger partial charge is 0.266 e. The van der Waals surface area contributed by atoms with Gasteiger partial charge in [0.05, 0.1) is 18.0 Å². The first-order valence-corrected chi connectivity index (χ1v) is 7.52. The van der Waals surface area contributed by atoms with Crippen LogP contribution in [0, 0.1) is 0 Å². The van der Waals surface area contributed by atoms with Gasteiger partial charge in [0, 0.05) is 17.6 Å². The molecule has 1 N–H and O–H groups in total. The summed E-state index contributed by atoms with van der Waals surface area (Å²) in [7, 11) is -3.58. The first-order valence-electron chi connectivity index (χ1n) is 5.63. The number of sulfonamides is 1. The van der Waals surface area contributed by atoms with Gasteiger partial charge in [-0.3, -0.25) is 4.79 Å². The summed E-state index contributed by atoms with van der Waals surface area (Å²) < 4.78 is 25.6. The molecule has 0 saturated carbocycles. The van der Waals surface area contributed by atoms with Crippen molar-refractivity contribution in [1.29, 1.82) is 0 Å². The molecule has 0 spiro atoms. The molecule has 8 heteroatoms. The van der Waals surface area contributed by atoms with Crippen molar-refractivity contribution < 1.29 is 13.2 Å².